The minimum Gasteiger partial charge on any atom is -0.481 e. The van der Waals surface area contributed by atoms with Gasteiger partial charge in [0, 0.05) is 12.5 Å². The normalized spacial score (nSPS) is 28.0. The van der Waals surface area contributed by atoms with Gasteiger partial charge in [0.05, 0.1) is 0 Å². The molecule has 0 unspecified atom stereocenters. The van der Waals surface area contributed by atoms with Crippen LogP contribution < -0.4 is 0 Å². The quantitative estimate of drug-likeness (QED) is 0.802. The Morgan fingerprint density at radius 2 is 2.12 bits per heavy atom. The molecule has 2 atom stereocenters. The lowest BCUT2D eigenvalue weighted by molar-refractivity contribution is -0.138. The minimum absolute atomic E-state index is 0.335. The molecule has 1 fully saturated rings. The summed E-state index contributed by atoms with van der Waals surface area (Å²) in [4.78, 5) is 13.3. The number of carboxylic acid groups (broad SMARTS) is 1. The first-order chi connectivity index (χ1) is 7.50. The van der Waals surface area contributed by atoms with E-state index in [4.69, 9.17) is 5.11 Å². The van der Waals surface area contributed by atoms with Gasteiger partial charge in [-0.2, -0.15) is 0 Å². The molecule has 0 bridgehead atoms. The van der Waals surface area contributed by atoms with Gasteiger partial charge in [-0.15, -0.1) is 0 Å². The Morgan fingerprint density at radius 1 is 1.44 bits per heavy atom. The molecule has 0 aromatic rings. The molecule has 0 aromatic carbocycles. The molecule has 0 spiro atoms. The van der Waals surface area contributed by atoms with Crippen molar-refractivity contribution in [3.05, 3.63) is 0 Å². The fourth-order valence-electron chi connectivity index (χ4n) is 2.80. The second kappa shape index (κ2) is 6.24. The number of hydrogen-bond donors (Lipinski definition) is 1. The van der Waals surface area contributed by atoms with E-state index < -0.39 is 5.97 Å². The van der Waals surface area contributed by atoms with Crippen molar-refractivity contribution in [2.24, 2.45) is 11.8 Å². The van der Waals surface area contributed by atoms with E-state index >= 15 is 0 Å². The van der Waals surface area contributed by atoms with Gasteiger partial charge in [-0.1, -0.05) is 20.3 Å². The molecule has 0 amide bonds. The third-order valence-corrected chi connectivity index (χ3v) is 3.60. The molecule has 0 radical (unpaired) electrons. The molecule has 0 saturated carbocycles. The monoisotopic (exact) mass is 227 g/mol. The highest BCUT2D eigenvalue weighted by molar-refractivity contribution is 5.67. The van der Waals surface area contributed by atoms with Gasteiger partial charge < -0.3 is 10.0 Å². The van der Waals surface area contributed by atoms with Crippen LogP contribution in [0.2, 0.25) is 0 Å². The predicted octanol–water partition coefficient (Wildman–Crippen LogP) is 2.61. The molecule has 3 nitrogen and oxygen atoms in total. The molecule has 1 aliphatic rings. The Bertz CT molecular complexity index is 228. The molecule has 1 heterocycles. The first kappa shape index (κ1) is 13.5. The third-order valence-electron chi connectivity index (χ3n) is 3.60. The fraction of sp³-hybridized carbons (Fsp3) is 0.923. The molecule has 3 heteroatoms. The zero-order chi connectivity index (χ0) is 12.1. The summed E-state index contributed by atoms with van der Waals surface area (Å²) in [5, 5.41) is 8.98. The Kier molecular flexibility index (Phi) is 5.26. The maximum atomic E-state index is 10.9. The summed E-state index contributed by atoms with van der Waals surface area (Å²) in [6.45, 7) is 5.56. The molecule has 0 aromatic heterocycles. The first-order valence-corrected chi connectivity index (χ1v) is 6.42. The summed E-state index contributed by atoms with van der Waals surface area (Å²) in [7, 11) is 2.15. The summed E-state index contributed by atoms with van der Waals surface area (Å²) in [6.07, 6.45) is 4.92. The van der Waals surface area contributed by atoms with Crippen LogP contribution in [0.1, 0.15) is 46.0 Å². The second-order valence-electron chi connectivity index (χ2n) is 5.53. The van der Waals surface area contributed by atoms with Crippen molar-refractivity contribution >= 4 is 5.97 Å². The van der Waals surface area contributed by atoms with Gasteiger partial charge in [-0.05, 0) is 44.7 Å². The average molecular weight is 227 g/mol. The van der Waals surface area contributed by atoms with E-state index in [-0.39, 0.29) is 0 Å². The van der Waals surface area contributed by atoms with Gasteiger partial charge in [-0.25, -0.2) is 0 Å². The van der Waals surface area contributed by atoms with Crippen molar-refractivity contribution in [3.63, 3.8) is 0 Å². The summed E-state index contributed by atoms with van der Waals surface area (Å²) in [5.74, 6) is 0.336. The molecule has 1 rings (SSSR count). The third kappa shape index (κ3) is 4.12. The Hall–Kier alpha value is -0.570. The number of carboxylic acids is 1. The van der Waals surface area contributed by atoms with Crippen LogP contribution in [0.15, 0.2) is 0 Å². The van der Waals surface area contributed by atoms with Crippen LogP contribution >= 0.6 is 0 Å². The van der Waals surface area contributed by atoms with E-state index in [1.165, 1.54) is 12.8 Å². The van der Waals surface area contributed by atoms with Crippen molar-refractivity contribution in [1.82, 2.24) is 4.90 Å². The standard InChI is InChI=1S/C13H25NO2/c1-10(2)8-12-11(9-13(15)16)6-4-5-7-14(12)3/h10-12H,4-9H2,1-3H3,(H,15,16)/t11-,12-/m1/s1. The number of hydrogen-bond acceptors (Lipinski definition) is 2. The van der Waals surface area contributed by atoms with Crippen molar-refractivity contribution in [2.75, 3.05) is 13.6 Å². The van der Waals surface area contributed by atoms with E-state index in [0.717, 1.165) is 19.4 Å². The molecular formula is C13H25NO2. The van der Waals surface area contributed by atoms with Gasteiger partial charge in [0.25, 0.3) is 0 Å². The number of aliphatic carboxylic acids is 1. The summed E-state index contributed by atoms with van der Waals surface area (Å²) in [6, 6.07) is 0.457. The van der Waals surface area contributed by atoms with Crippen LogP contribution in [0.4, 0.5) is 0 Å². The van der Waals surface area contributed by atoms with Crippen LogP contribution in [0.3, 0.4) is 0 Å². The van der Waals surface area contributed by atoms with E-state index in [0.29, 0.717) is 24.3 Å². The second-order valence-corrected chi connectivity index (χ2v) is 5.53. The SMILES string of the molecule is CC(C)C[C@@H]1[C@@H](CC(=O)O)CCCCN1C. The number of carbonyl (C=O) groups is 1. The van der Waals surface area contributed by atoms with E-state index in [2.05, 4.69) is 25.8 Å². The highest BCUT2D eigenvalue weighted by Crippen LogP contribution is 2.28. The highest BCUT2D eigenvalue weighted by Gasteiger charge is 2.29. The van der Waals surface area contributed by atoms with Gasteiger partial charge in [0.1, 0.15) is 0 Å². The van der Waals surface area contributed by atoms with Crippen molar-refractivity contribution in [3.8, 4) is 0 Å². The lowest BCUT2D eigenvalue weighted by Gasteiger charge is -2.33. The van der Waals surface area contributed by atoms with Crippen molar-refractivity contribution in [2.45, 2.75) is 52.0 Å². The van der Waals surface area contributed by atoms with Crippen LogP contribution in [-0.4, -0.2) is 35.6 Å². The molecular weight excluding hydrogens is 202 g/mol. The van der Waals surface area contributed by atoms with Crippen LogP contribution in [0.5, 0.6) is 0 Å². The van der Waals surface area contributed by atoms with Gasteiger partial charge in [0.2, 0.25) is 0 Å². The van der Waals surface area contributed by atoms with Crippen molar-refractivity contribution < 1.29 is 9.90 Å². The van der Waals surface area contributed by atoms with Crippen LogP contribution in [0.25, 0.3) is 0 Å². The van der Waals surface area contributed by atoms with E-state index in [1.807, 2.05) is 0 Å². The predicted molar refractivity (Wildman–Crippen MR) is 65.5 cm³/mol. The minimum atomic E-state index is -0.644. The molecule has 0 aliphatic carbocycles. The van der Waals surface area contributed by atoms with E-state index in [9.17, 15) is 4.79 Å². The lowest BCUT2D eigenvalue weighted by atomic mass is 9.86. The lowest BCUT2D eigenvalue weighted by Crippen LogP contribution is -2.38. The Balaban J connectivity index is 2.68. The zero-order valence-electron chi connectivity index (χ0n) is 10.8. The van der Waals surface area contributed by atoms with Gasteiger partial charge in [-0.3, -0.25) is 4.79 Å². The number of likely N-dealkylation sites (tertiary alicyclic amines) is 1. The molecule has 1 saturated heterocycles. The van der Waals surface area contributed by atoms with Crippen LogP contribution in [0, 0.1) is 11.8 Å². The molecule has 94 valence electrons. The summed E-state index contributed by atoms with van der Waals surface area (Å²) in [5.41, 5.74) is 0. The summed E-state index contributed by atoms with van der Waals surface area (Å²) < 4.78 is 0. The van der Waals surface area contributed by atoms with Gasteiger partial charge >= 0.3 is 5.97 Å². The summed E-state index contributed by atoms with van der Waals surface area (Å²) >= 11 is 0. The molecule has 1 N–H and O–H groups in total. The van der Waals surface area contributed by atoms with Crippen molar-refractivity contribution in [1.29, 1.82) is 0 Å². The Morgan fingerprint density at radius 3 is 2.69 bits per heavy atom. The van der Waals surface area contributed by atoms with Crippen LogP contribution in [-0.2, 0) is 4.79 Å². The highest BCUT2D eigenvalue weighted by atomic mass is 16.4. The molecule has 1 aliphatic heterocycles. The smallest absolute Gasteiger partial charge is 0.303 e. The van der Waals surface area contributed by atoms with Gasteiger partial charge in [0.15, 0.2) is 0 Å². The maximum Gasteiger partial charge on any atom is 0.303 e. The topological polar surface area (TPSA) is 40.5 Å². The number of rotatable bonds is 4. The molecule has 16 heavy (non-hydrogen) atoms. The first-order valence-electron chi connectivity index (χ1n) is 6.42. The average Bonchev–Trinajstić information content (AvgIpc) is 2.31. The fourth-order valence-corrected chi connectivity index (χ4v) is 2.80. The maximum absolute atomic E-state index is 10.9. The number of nitrogens with zero attached hydrogens (tertiary/aromatic N) is 1. The Labute approximate surface area is 98.8 Å². The van der Waals surface area contributed by atoms with E-state index in [1.54, 1.807) is 0 Å². The zero-order valence-corrected chi connectivity index (χ0v) is 10.8. The largest absolute Gasteiger partial charge is 0.481 e.